The first kappa shape index (κ1) is 14.8. The molecule has 0 rings (SSSR count). The fourth-order valence-electron chi connectivity index (χ4n) is 1.76. The molecular formula is C12H23ClO2. The number of alkyl halides is 1. The van der Waals surface area contributed by atoms with Gasteiger partial charge in [0.15, 0.2) is 0 Å². The van der Waals surface area contributed by atoms with Crippen molar-refractivity contribution >= 4 is 17.6 Å². The van der Waals surface area contributed by atoms with Crippen molar-refractivity contribution in [3.63, 3.8) is 0 Å². The summed E-state index contributed by atoms with van der Waals surface area (Å²) in [5.41, 5.74) is -0.310. The van der Waals surface area contributed by atoms with Gasteiger partial charge in [0, 0.05) is 12.8 Å². The van der Waals surface area contributed by atoms with Gasteiger partial charge < -0.3 is 4.74 Å². The first-order valence-corrected chi connectivity index (χ1v) is 6.33. The predicted molar refractivity (Wildman–Crippen MR) is 64.3 cm³/mol. The number of rotatable bonds is 8. The second-order valence-corrected chi connectivity index (χ2v) is 4.67. The first-order valence-electron chi connectivity index (χ1n) is 5.79. The van der Waals surface area contributed by atoms with Crippen LogP contribution in [0.15, 0.2) is 0 Å². The second kappa shape index (κ2) is 7.98. The van der Waals surface area contributed by atoms with Crippen LogP contribution in [0.25, 0.3) is 0 Å². The molecule has 3 heteroatoms. The summed E-state index contributed by atoms with van der Waals surface area (Å²) in [6.45, 7) is 5.65. The van der Waals surface area contributed by atoms with E-state index in [1.165, 1.54) is 19.8 Å². The molecule has 0 heterocycles. The molecule has 0 aliphatic rings. The molecule has 0 aromatic rings. The average Bonchev–Trinajstić information content (AvgIpc) is 2.14. The summed E-state index contributed by atoms with van der Waals surface area (Å²) < 4.78 is 5.39. The predicted octanol–water partition coefficient (Wildman–Crippen LogP) is 3.91. The van der Waals surface area contributed by atoms with E-state index in [1.807, 2.05) is 6.92 Å². The van der Waals surface area contributed by atoms with Crippen LogP contribution in [0.5, 0.6) is 0 Å². The molecule has 0 radical (unpaired) electrons. The van der Waals surface area contributed by atoms with E-state index in [2.05, 4.69) is 6.92 Å². The van der Waals surface area contributed by atoms with Crippen LogP contribution < -0.4 is 0 Å². The van der Waals surface area contributed by atoms with Crippen LogP contribution in [-0.2, 0) is 9.53 Å². The van der Waals surface area contributed by atoms with Crippen LogP contribution in [0.4, 0.5) is 0 Å². The highest BCUT2D eigenvalue weighted by Gasteiger charge is 2.26. The maximum atomic E-state index is 11.0. The Morgan fingerprint density at radius 3 is 2.33 bits per heavy atom. The van der Waals surface area contributed by atoms with Crippen molar-refractivity contribution in [1.82, 2.24) is 0 Å². The normalized spacial score (nSPS) is 14.7. The van der Waals surface area contributed by atoms with E-state index >= 15 is 0 Å². The van der Waals surface area contributed by atoms with E-state index in [0.717, 1.165) is 25.7 Å². The Morgan fingerprint density at radius 2 is 1.87 bits per heavy atom. The van der Waals surface area contributed by atoms with Crippen LogP contribution in [0.1, 0.15) is 59.3 Å². The second-order valence-electron chi connectivity index (χ2n) is 4.29. The molecule has 0 saturated heterocycles. The van der Waals surface area contributed by atoms with Gasteiger partial charge in [-0.25, -0.2) is 0 Å². The summed E-state index contributed by atoms with van der Waals surface area (Å²) in [6, 6.07) is 0. The Bertz CT molecular complexity index is 182. The lowest BCUT2D eigenvalue weighted by Crippen LogP contribution is -2.31. The number of ether oxygens (including phenoxy) is 1. The van der Waals surface area contributed by atoms with E-state index in [0.29, 0.717) is 5.88 Å². The van der Waals surface area contributed by atoms with Gasteiger partial charge in [-0.2, -0.15) is 0 Å². The number of hydrogen-bond acceptors (Lipinski definition) is 2. The average molecular weight is 235 g/mol. The Labute approximate surface area is 98.3 Å². The van der Waals surface area contributed by atoms with Crippen LogP contribution in [-0.4, -0.2) is 17.5 Å². The standard InChI is InChI=1S/C12H23ClO2/c1-4-5-6-8-12(3,9-7-10-13)15-11(2)14/h4-10H2,1-3H3/t12-/m0/s1. The van der Waals surface area contributed by atoms with Crippen LogP contribution >= 0.6 is 11.6 Å². The van der Waals surface area contributed by atoms with Crippen molar-refractivity contribution < 1.29 is 9.53 Å². The zero-order valence-corrected chi connectivity index (χ0v) is 10.9. The molecule has 2 nitrogen and oxygen atoms in total. The molecule has 0 saturated carbocycles. The van der Waals surface area contributed by atoms with Gasteiger partial charge in [0.25, 0.3) is 0 Å². The molecule has 0 unspecified atom stereocenters. The smallest absolute Gasteiger partial charge is 0.303 e. The molecule has 0 aromatic carbocycles. The lowest BCUT2D eigenvalue weighted by atomic mass is 9.93. The molecule has 0 N–H and O–H groups in total. The highest BCUT2D eigenvalue weighted by Crippen LogP contribution is 2.25. The Morgan fingerprint density at radius 1 is 1.27 bits per heavy atom. The summed E-state index contributed by atoms with van der Waals surface area (Å²) in [5.74, 6) is 0.438. The van der Waals surface area contributed by atoms with Crippen LogP contribution in [0.3, 0.4) is 0 Å². The van der Waals surface area contributed by atoms with Gasteiger partial charge in [0.2, 0.25) is 0 Å². The molecule has 0 spiro atoms. The summed E-state index contributed by atoms with van der Waals surface area (Å²) >= 11 is 5.66. The minimum Gasteiger partial charge on any atom is -0.460 e. The lowest BCUT2D eigenvalue weighted by Gasteiger charge is -2.29. The van der Waals surface area contributed by atoms with E-state index in [9.17, 15) is 4.79 Å². The number of unbranched alkanes of at least 4 members (excludes halogenated alkanes) is 2. The van der Waals surface area contributed by atoms with Gasteiger partial charge in [0.1, 0.15) is 5.60 Å². The van der Waals surface area contributed by atoms with Crippen molar-refractivity contribution in [2.24, 2.45) is 0 Å². The summed E-state index contributed by atoms with van der Waals surface area (Å²) in [5, 5.41) is 0. The van der Waals surface area contributed by atoms with Crippen molar-refractivity contribution in [2.45, 2.75) is 64.9 Å². The van der Waals surface area contributed by atoms with Crippen LogP contribution in [0.2, 0.25) is 0 Å². The van der Waals surface area contributed by atoms with Gasteiger partial charge >= 0.3 is 5.97 Å². The zero-order chi connectivity index (χ0) is 11.7. The van der Waals surface area contributed by atoms with Gasteiger partial charge in [0.05, 0.1) is 0 Å². The molecule has 0 aromatic heterocycles. The largest absolute Gasteiger partial charge is 0.460 e. The number of carbonyl (C=O) groups is 1. The Balaban J connectivity index is 4.07. The van der Waals surface area contributed by atoms with E-state index in [1.54, 1.807) is 0 Å². The molecule has 0 aliphatic heterocycles. The molecule has 1 atom stereocenters. The lowest BCUT2D eigenvalue weighted by molar-refractivity contribution is -0.156. The maximum Gasteiger partial charge on any atom is 0.303 e. The molecule has 0 aliphatic carbocycles. The SMILES string of the molecule is CCCCC[C@@](C)(CCCCl)OC(C)=O. The highest BCUT2D eigenvalue weighted by molar-refractivity contribution is 6.17. The molecule has 0 amide bonds. The monoisotopic (exact) mass is 234 g/mol. The van der Waals surface area contributed by atoms with E-state index in [-0.39, 0.29) is 11.6 Å². The van der Waals surface area contributed by atoms with Gasteiger partial charge in [-0.1, -0.05) is 19.8 Å². The van der Waals surface area contributed by atoms with Crippen molar-refractivity contribution in [2.75, 3.05) is 5.88 Å². The topological polar surface area (TPSA) is 26.3 Å². The van der Waals surface area contributed by atoms with Gasteiger partial charge in [-0.3, -0.25) is 4.79 Å². The van der Waals surface area contributed by atoms with Gasteiger partial charge in [-0.05, 0) is 32.6 Å². The molecule has 15 heavy (non-hydrogen) atoms. The third kappa shape index (κ3) is 7.66. The number of carbonyl (C=O) groups excluding carboxylic acids is 1. The molecule has 0 bridgehead atoms. The number of halogens is 1. The van der Waals surface area contributed by atoms with Gasteiger partial charge in [-0.15, -0.1) is 11.6 Å². The van der Waals surface area contributed by atoms with E-state index < -0.39 is 0 Å². The molecular weight excluding hydrogens is 212 g/mol. The Hall–Kier alpha value is -0.240. The quantitative estimate of drug-likeness (QED) is 0.362. The Kier molecular flexibility index (Phi) is 7.85. The third-order valence-corrected chi connectivity index (χ3v) is 2.81. The van der Waals surface area contributed by atoms with E-state index in [4.69, 9.17) is 16.3 Å². The molecule has 0 fully saturated rings. The van der Waals surface area contributed by atoms with Crippen molar-refractivity contribution in [3.05, 3.63) is 0 Å². The van der Waals surface area contributed by atoms with Crippen molar-refractivity contribution in [1.29, 1.82) is 0 Å². The zero-order valence-electron chi connectivity index (χ0n) is 10.1. The summed E-state index contributed by atoms with van der Waals surface area (Å²) in [4.78, 5) is 11.0. The third-order valence-electron chi connectivity index (χ3n) is 2.54. The fourth-order valence-corrected chi connectivity index (χ4v) is 1.90. The summed E-state index contributed by atoms with van der Waals surface area (Å²) in [7, 11) is 0. The maximum absolute atomic E-state index is 11.0. The minimum atomic E-state index is -0.310. The summed E-state index contributed by atoms with van der Waals surface area (Å²) in [6.07, 6.45) is 6.19. The first-order chi connectivity index (χ1) is 7.04. The number of hydrogen-bond donors (Lipinski definition) is 0. The van der Waals surface area contributed by atoms with Crippen molar-refractivity contribution in [3.8, 4) is 0 Å². The number of esters is 1. The minimum absolute atomic E-state index is 0.191. The highest BCUT2D eigenvalue weighted by atomic mass is 35.5. The van der Waals surface area contributed by atoms with Crippen LogP contribution in [0, 0.1) is 0 Å². The fraction of sp³-hybridized carbons (Fsp3) is 0.917. The molecule has 90 valence electrons.